The summed E-state index contributed by atoms with van der Waals surface area (Å²) in [5.74, 6) is 0. The van der Waals surface area contributed by atoms with Gasteiger partial charge in [0.25, 0.3) is 0 Å². The molecule has 0 aliphatic carbocycles. The van der Waals surface area contributed by atoms with Crippen molar-refractivity contribution in [2.24, 2.45) is 0 Å². The molecule has 0 saturated heterocycles. The van der Waals surface area contributed by atoms with Crippen LogP contribution in [0.5, 0.6) is 0 Å². The second kappa shape index (κ2) is 7.61. The summed E-state index contributed by atoms with van der Waals surface area (Å²) in [5, 5.41) is 7.92. The van der Waals surface area contributed by atoms with Gasteiger partial charge in [0.1, 0.15) is 0 Å². The van der Waals surface area contributed by atoms with Gasteiger partial charge in [-0.1, -0.05) is 0 Å². The first-order valence-electron chi connectivity index (χ1n) is 2.35. The molecular weight excluding hydrogens is 138 g/mol. The summed E-state index contributed by atoms with van der Waals surface area (Å²) >= 11 is 0. The summed E-state index contributed by atoms with van der Waals surface area (Å²) < 4.78 is 0. The van der Waals surface area contributed by atoms with Crippen molar-refractivity contribution in [2.45, 2.75) is 0 Å². The summed E-state index contributed by atoms with van der Waals surface area (Å²) in [6, 6.07) is 0. The van der Waals surface area contributed by atoms with E-state index in [1.165, 1.54) is 14.1 Å². The number of carboxylic acid groups (broad SMARTS) is 1. The highest BCUT2D eigenvalue weighted by atomic mass is 16.4. The Balaban J connectivity index is 0. The van der Waals surface area contributed by atoms with Gasteiger partial charge in [-0.05, 0) is 0 Å². The summed E-state index contributed by atoms with van der Waals surface area (Å²) in [6.07, 6.45) is -0.519. The summed E-state index contributed by atoms with van der Waals surface area (Å²) in [7, 11) is 2.95. The van der Waals surface area contributed by atoms with E-state index in [1.807, 2.05) is 0 Å². The van der Waals surface area contributed by atoms with E-state index in [4.69, 9.17) is 14.7 Å². The summed E-state index contributed by atoms with van der Waals surface area (Å²) in [6.45, 7) is 0. The molecule has 0 bridgehead atoms. The zero-order valence-corrected chi connectivity index (χ0v) is 5.77. The van der Waals surface area contributed by atoms with E-state index in [1.54, 1.807) is 0 Å². The van der Waals surface area contributed by atoms with Gasteiger partial charge in [0.2, 0.25) is 0 Å². The third-order valence-corrected chi connectivity index (χ3v) is 0.438. The molecule has 0 aromatic carbocycles. The number of hydrogen-bond acceptors (Lipinski definition) is 3. The van der Waals surface area contributed by atoms with E-state index >= 15 is 0 Å². The number of amides is 1. The lowest BCUT2D eigenvalue weighted by Gasteiger charge is -1.99. The molecule has 0 spiro atoms. The van der Waals surface area contributed by atoms with E-state index in [2.05, 4.69) is 0 Å². The van der Waals surface area contributed by atoms with Gasteiger partial charge >= 0.3 is 6.09 Å². The van der Waals surface area contributed by atoms with Gasteiger partial charge in [0.05, 0.1) is 0 Å². The minimum atomic E-state index is -0.907. The smallest absolute Gasteiger partial charge is 0.406 e. The Hall–Kier alpha value is -1.39. The maximum absolute atomic E-state index is 9.62. The molecule has 0 radical (unpaired) electrons. The van der Waals surface area contributed by atoms with Crippen LogP contribution in [-0.2, 0) is 9.59 Å². The number of aldehydes is 2. The summed E-state index contributed by atoms with van der Waals surface area (Å²) in [4.78, 5) is 28.3. The molecular formula is C5H9NO4. The van der Waals surface area contributed by atoms with Crippen molar-refractivity contribution < 1.29 is 19.5 Å². The maximum atomic E-state index is 9.62. The molecule has 0 rings (SSSR count). The zero-order valence-electron chi connectivity index (χ0n) is 5.77. The van der Waals surface area contributed by atoms with Crippen LogP contribution in [0.3, 0.4) is 0 Å². The van der Waals surface area contributed by atoms with Crippen molar-refractivity contribution in [1.82, 2.24) is 4.90 Å². The first kappa shape index (κ1) is 11.4. The molecule has 0 aliphatic rings. The number of hydrogen-bond donors (Lipinski definition) is 1. The number of rotatable bonds is 1. The Bertz CT molecular complexity index is 115. The highest BCUT2D eigenvalue weighted by Crippen LogP contribution is 1.69. The third kappa shape index (κ3) is 16.0. The molecule has 58 valence electrons. The normalized spacial score (nSPS) is 6.60. The number of nitrogens with zero attached hydrogens (tertiary/aromatic N) is 1. The molecule has 10 heavy (non-hydrogen) atoms. The fourth-order valence-corrected chi connectivity index (χ4v) is 0. The van der Waals surface area contributed by atoms with Gasteiger partial charge in [0, 0.05) is 14.1 Å². The van der Waals surface area contributed by atoms with Crippen molar-refractivity contribution in [3.05, 3.63) is 0 Å². The van der Waals surface area contributed by atoms with E-state index in [9.17, 15) is 4.79 Å². The first-order chi connectivity index (χ1) is 4.56. The van der Waals surface area contributed by atoms with Crippen LogP contribution in [0.15, 0.2) is 0 Å². The van der Waals surface area contributed by atoms with Crippen molar-refractivity contribution in [3.63, 3.8) is 0 Å². The lowest BCUT2D eigenvalue weighted by atomic mass is 10.9. The average Bonchev–Trinajstić information content (AvgIpc) is 1.89. The Morgan fingerprint density at radius 2 is 1.50 bits per heavy atom. The van der Waals surface area contributed by atoms with Crippen LogP contribution in [0.25, 0.3) is 0 Å². The SMILES string of the molecule is CN(C)C(=O)O.O=CC=O. The van der Waals surface area contributed by atoms with Crippen LogP contribution in [0, 0.1) is 0 Å². The Labute approximate surface area is 58.2 Å². The molecule has 0 aromatic heterocycles. The fourth-order valence-electron chi connectivity index (χ4n) is 0. The van der Waals surface area contributed by atoms with Crippen LogP contribution in [0.1, 0.15) is 0 Å². The van der Waals surface area contributed by atoms with Crippen LogP contribution in [0.4, 0.5) is 4.79 Å². The van der Waals surface area contributed by atoms with E-state index in [0.29, 0.717) is 0 Å². The van der Waals surface area contributed by atoms with Crippen molar-refractivity contribution in [2.75, 3.05) is 14.1 Å². The average molecular weight is 147 g/mol. The number of carbonyl (C=O) groups excluding carboxylic acids is 2. The lowest BCUT2D eigenvalue weighted by Crippen LogP contribution is -2.18. The number of carbonyl (C=O) groups is 3. The van der Waals surface area contributed by atoms with Gasteiger partial charge in [-0.2, -0.15) is 0 Å². The van der Waals surface area contributed by atoms with Crippen molar-refractivity contribution in [3.8, 4) is 0 Å². The minimum Gasteiger partial charge on any atom is -0.465 e. The van der Waals surface area contributed by atoms with E-state index in [-0.39, 0.29) is 12.6 Å². The van der Waals surface area contributed by atoms with Crippen LogP contribution in [-0.4, -0.2) is 42.8 Å². The van der Waals surface area contributed by atoms with Crippen molar-refractivity contribution >= 4 is 18.7 Å². The van der Waals surface area contributed by atoms with Gasteiger partial charge in [-0.25, -0.2) is 4.79 Å². The zero-order chi connectivity index (χ0) is 8.57. The van der Waals surface area contributed by atoms with E-state index in [0.717, 1.165) is 4.90 Å². The molecule has 5 nitrogen and oxygen atoms in total. The quantitative estimate of drug-likeness (QED) is 0.405. The molecule has 0 atom stereocenters. The molecule has 5 heteroatoms. The predicted octanol–water partition coefficient (Wildman–Crippen LogP) is -0.390. The van der Waals surface area contributed by atoms with Crippen LogP contribution >= 0.6 is 0 Å². The molecule has 1 amide bonds. The molecule has 0 unspecified atom stereocenters. The minimum absolute atomic E-state index is 0.194. The van der Waals surface area contributed by atoms with Crippen LogP contribution in [0.2, 0.25) is 0 Å². The Morgan fingerprint density at radius 3 is 1.50 bits per heavy atom. The van der Waals surface area contributed by atoms with Crippen molar-refractivity contribution in [1.29, 1.82) is 0 Å². The Morgan fingerprint density at radius 1 is 1.30 bits per heavy atom. The highest BCUT2D eigenvalue weighted by Gasteiger charge is 1.91. The topological polar surface area (TPSA) is 74.7 Å². The second-order valence-corrected chi connectivity index (χ2v) is 1.45. The predicted molar refractivity (Wildman–Crippen MR) is 33.8 cm³/mol. The first-order valence-corrected chi connectivity index (χ1v) is 2.35. The van der Waals surface area contributed by atoms with Gasteiger partial charge in [-0.15, -0.1) is 0 Å². The molecule has 0 aromatic rings. The third-order valence-electron chi connectivity index (χ3n) is 0.438. The molecule has 1 N–H and O–H groups in total. The molecule has 0 heterocycles. The monoisotopic (exact) mass is 147 g/mol. The van der Waals surface area contributed by atoms with E-state index < -0.39 is 6.09 Å². The molecule has 0 aliphatic heterocycles. The second-order valence-electron chi connectivity index (χ2n) is 1.45. The largest absolute Gasteiger partial charge is 0.465 e. The Kier molecular flexibility index (Phi) is 8.68. The van der Waals surface area contributed by atoms with Gasteiger partial charge < -0.3 is 10.0 Å². The molecule has 0 saturated carbocycles. The maximum Gasteiger partial charge on any atom is 0.406 e. The van der Waals surface area contributed by atoms with Gasteiger partial charge in [-0.3, -0.25) is 9.59 Å². The lowest BCUT2D eigenvalue weighted by molar-refractivity contribution is -0.122. The summed E-state index contributed by atoms with van der Waals surface area (Å²) in [5.41, 5.74) is 0. The fraction of sp³-hybridized carbons (Fsp3) is 0.400. The molecule has 0 fully saturated rings. The van der Waals surface area contributed by atoms with Crippen LogP contribution < -0.4 is 0 Å². The van der Waals surface area contributed by atoms with Gasteiger partial charge in [0.15, 0.2) is 12.6 Å². The standard InChI is InChI=1S/C3H7NO2.C2H2O2/c1-4(2)3(5)6;3-1-2-4/h1-2H3,(H,5,6);1-2H. The highest BCUT2D eigenvalue weighted by molar-refractivity contribution is 6.09.